The SMILES string of the molecule is Nc1ncc(-c2ccsc2)nc1C(=O)N[C@@H](CO)Cc1ccccc1. The molecule has 3 aromatic rings. The molecular weight excluding hydrogens is 336 g/mol. The molecule has 25 heavy (non-hydrogen) atoms. The number of nitrogens with two attached hydrogens (primary N) is 1. The first-order chi connectivity index (χ1) is 12.2. The first-order valence-electron chi connectivity index (χ1n) is 7.78. The summed E-state index contributed by atoms with van der Waals surface area (Å²) >= 11 is 1.54. The number of hydrogen-bond donors (Lipinski definition) is 3. The van der Waals surface area contributed by atoms with Crippen molar-refractivity contribution in [2.45, 2.75) is 12.5 Å². The fourth-order valence-electron chi connectivity index (χ4n) is 2.43. The third-order valence-electron chi connectivity index (χ3n) is 3.71. The summed E-state index contributed by atoms with van der Waals surface area (Å²) in [6, 6.07) is 11.1. The first kappa shape index (κ1) is 17.1. The van der Waals surface area contributed by atoms with Gasteiger partial charge in [0.15, 0.2) is 11.5 Å². The van der Waals surface area contributed by atoms with Gasteiger partial charge in [-0.05, 0) is 23.4 Å². The van der Waals surface area contributed by atoms with Crippen LogP contribution in [0.5, 0.6) is 0 Å². The lowest BCUT2D eigenvalue weighted by Gasteiger charge is -2.16. The molecule has 1 atom stereocenters. The number of rotatable bonds is 6. The van der Waals surface area contributed by atoms with Gasteiger partial charge < -0.3 is 16.2 Å². The molecule has 1 aromatic carbocycles. The largest absolute Gasteiger partial charge is 0.394 e. The normalized spacial score (nSPS) is 11.9. The van der Waals surface area contributed by atoms with Crippen molar-refractivity contribution in [3.05, 3.63) is 64.6 Å². The van der Waals surface area contributed by atoms with E-state index in [1.54, 1.807) is 6.20 Å². The van der Waals surface area contributed by atoms with Crippen LogP contribution in [0.25, 0.3) is 11.3 Å². The van der Waals surface area contributed by atoms with E-state index >= 15 is 0 Å². The molecular formula is C18H18N4O2S. The van der Waals surface area contributed by atoms with Crippen LogP contribution >= 0.6 is 11.3 Å². The number of carbonyl (C=O) groups excluding carboxylic acids is 1. The minimum Gasteiger partial charge on any atom is -0.394 e. The monoisotopic (exact) mass is 354 g/mol. The summed E-state index contributed by atoms with van der Waals surface area (Å²) in [6.45, 7) is -0.182. The third kappa shape index (κ3) is 4.20. The molecule has 0 radical (unpaired) electrons. The maximum atomic E-state index is 12.5. The van der Waals surface area contributed by atoms with Crippen molar-refractivity contribution in [2.75, 3.05) is 12.3 Å². The zero-order valence-corrected chi connectivity index (χ0v) is 14.2. The maximum absolute atomic E-state index is 12.5. The van der Waals surface area contributed by atoms with Gasteiger partial charge in [-0.1, -0.05) is 30.3 Å². The van der Waals surface area contributed by atoms with Crippen LogP contribution in [0.15, 0.2) is 53.4 Å². The molecule has 0 spiro atoms. The summed E-state index contributed by atoms with van der Waals surface area (Å²) in [5.74, 6) is -0.384. The van der Waals surface area contributed by atoms with E-state index in [1.165, 1.54) is 11.3 Å². The van der Waals surface area contributed by atoms with Crippen molar-refractivity contribution in [1.82, 2.24) is 15.3 Å². The molecule has 0 fully saturated rings. The van der Waals surface area contributed by atoms with E-state index in [0.29, 0.717) is 12.1 Å². The maximum Gasteiger partial charge on any atom is 0.274 e. The molecule has 0 aliphatic rings. The molecule has 0 saturated carbocycles. The number of benzene rings is 1. The number of nitrogen functional groups attached to an aromatic ring is 1. The molecule has 6 nitrogen and oxygen atoms in total. The highest BCUT2D eigenvalue weighted by Gasteiger charge is 2.19. The first-order valence-corrected chi connectivity index (χ1v) is 8.72. The van der Waals surface area contributed by atoms with Crippen LogP contribution in [0.4, 0.5) is 5.82 Å². The van der Waals surface area contributed by atoms with Crippen molar-refractivity contribution in [2.24, 2.45) is 0 Å². The molecule has 0 aliphatic carbocycles. The van der Waals surface area contributed by atoms with E-state index < -0.39 is 11.9 Å². The van der Waals surface area contributed by atoms with Crippen LogP contribution < -0.4 is 11.1 Å². The molecule has 2 aromatic heterocycles. The fraction of sp³-hybridized carbons (Fsp3) is 0.167. The Morgan fingerprint density at radius 3 is 2.76 bits per heavy atom. The van der Waals surface area contributed by atoms with E-state index in [0.717, 1.165) is 11.1 Å². The number of hydrogen-bond acceptors (Lipinski definition) is 6. The molecule has 3 rings (SSSR count). The Balaban J connectivity index is 1.76. The number of aliphatic hydroxyl groups excluding tert-OH is 1. The number of thiophene rings is 1. The molecule has 128 valence electrons. The third-order valence-corrected chi connectivity index (χ3v) is 4.40. The van der Waals surface area contributed by atoms with Gasteiger partial charge >= 0.3 is 0 Å². The van der Waals surface area contributed by atoms with Crippen LogP contribution in [0, 0.1) is 0 Å². The second kappa shape index (κ2) is 7.87. The summed E-state index contributed by atoms with van der Waals surface area (Å²) in [5, 5.41) is 16.2. The molecule has 0 saturated heterocycles. The van der Waals surface area contributed by atoms with Gasteiger partial charge in [-0.25, -0.2) is 9.97 Å². The minimum absolute atomic E-state index is 0.0629. The molecule has 1 amide bonds. The van der Waals surface area contributed by atoms with Crippen LogP contribution in [0.3, 0.4) is 0 Å². The van der Waals surface area contributed by atoms with E-state index in [4.69, 9.17) is 5.73 Å². The quantitative estimate of drug-likeness (QED) is 0.629. The van der Waals surface area contributed by atoms with Crippen molar-refractivity contribution < 1.29 is 9.90 Å². The van der Waals surface area contributed by atoms with Crippen molar-refractivity contribution in [3.63, 3.8) is 0 Å². The van der Waals surface area contributed by atoms with Crippen molar-refractivity contribution in [3.8, 4) is 11.3 Å². The highest BCUT2D eigenvalue weighted by molar-refractivity contribution is 7.08. The number of carbonyl (C=O) groups is 1. The minimum atomic E-state index is -0.447. The topological polar surface area (TPSA) is 101 Å². The molecule has 2 heterocycles. The van der Waals surface area contributed by atoms with Crippen LogP contribution in [0.2, 0.25) is 0 Å². The summed E-state index contributed by atoms with van der Waals surface area (Å²) in [7, 11) is 0. The molecule has 0 bridgehead atoms. The second-order valence-electron chi connectivity index (χ2n) is 5.54. The average molecular weight is 354 g/mol. The van der Waals surface area contributed by atoms with Gasteiger partial charge in [0, 0.05) is 10.9 Å². The van der Waals surface area contributed by atoms with Gasteiger partial charge in [0.1, 0.15) is 0 Å². The molecule has 7 heteroatoms. The second-order valence-corrected chi connectivity index (χ2v) is 6.32. The smallest absolute Gasteiger partial charge is 0.274 e. The van der Waals surface area contributed by atoms with Gasteiger partial charge in [-0.15, -0.1) is 0 Å². The van der Waals surface area contributed by atoms with E-state index in [1.807, 2.05) is 47.2 Å². The number of aliphatic hydroxyl groups is 1. The van der Waals surface area contributed by atoms with Gasteiger partial charge in [0.2, 0.25) is 0 Å². The molecule has 0 unspecified atom stereocenters. The number of anilines is 1. The number of nitrogens with one attached hydrogen (secondary N) is 1. The zero-order valence-electron chi connectivity index (χ0n) is 13.4. The summed E-state index contributed by atoms with van der Waals surface area (Å²) in [4.78, 5) is 20.9. The zero-order chi connectivity index (χ0) is 17.6. The Morgan fingerprint density at radius 1 is 1.28 bits per heavy atom. The Labute approximate surface area is 149 Å². The Morgan fingerprint density at radius 2 is 2.08 bits per heavy atom. The Kier molecular flexibility index (Phi) is 5.37. The summed E-state index contributed by atoms with van der Waals surface area (Å²) < 4.78 is 0. The van der Waals surface area contributed by atoms with Gasteiger partial charge in [0.25, 0.3) is 5.91 Å². The molecule has 0 aliphatic heterocycles. The predicted molar refractivity (Wildman–Crippen MR) is 98.2 cm³/mol. The number of amides is 1. The highest BCUT2D eigenvalue weighted by atomic mass is 32.1. The Bertz CT molecular complexity index is 838. The molecule has 4 N–H and O–H groups in total. The number of nitrogens with zero attached hydrogens (tertiary/aromatic N) is 2. The van der Waals surface area contributed by atoms with Crippen LogP contribution in [-0.2, 0) is 6.42 Å². The lowest BCUT2D eigenvalue weighted by molar-refractivity contribution is 0.0912. The lowest BCUT2D eigenvalue weighted by Crippen LogP contribution is -2.39. The average Bonchev–Trinajstić information content (AvgIpc) is 3.17. The lowest BCUT2D eigenvalue weighted by atomic mass is 10.1. The van der Waals surface area contributed by atoms with E-state index in [2.05, 4.69) is 15.3 Å². The van der Waals surface area contributed by atoms with Crippen LogP contribution in [-0.4, -0.2) is 33.6 Å². The van der Waals surface area contributed by atoms with Crippen LogP contribution in [0.1, 0.15) is 16.1 Å². The van der Waals surface area contributed by atoms with E-state index in [9.17, 15) is 9.90 Å². The fourth-order valence-corrected chi connectivity index (χ4v) is 3.08. The summed E-state index contributed by atoms with van der Waals surface area (Å²) in [5.41, 5.74) is 8.38. The predicted octanol–water partition coefficient (Wildman–Crippen LogP) is 2.12. The van der Waals surface area contributed by atoms with Crippen molar-refractivity contribution in [1.29, 1.82) is 0 Å². The van der Waals surface area contributed by atoms with E-state index in [-0.39, 0.29) is 18.1 Å². The van der Waals surface area contributed by atoms with Gasteiger partial charge in [-0.2, -0.15) is 11.3 Å². The highest BCUT2D eigenvalue weighted by Crippen LogP contribution is 2.21. The van der Waals surface area contributed by atoms with Crippen molar-refractivity contribution >= 4 is 23.1 Å². The summed E-state index contributed by atoms with van der Waals surface area (Å²) in [6.07, 6.45) is 2.06. The number of aromatic nitrogens is 2. The van der Waals surface area contributed by atoms with Gasteiger partial charge in [-0.3, -0.25) is 4.79 Å². The van der Waals surface area contributed by atoms with Gasteiger partial charge in [0.05, 0.1) is 24.5 Å². The Hall–Kier alpha value is -2.77. The standard InChI is InChI=1S/C18H18N4O2S/c19-17-16(22-15(9-20-17)13-6-7-25-11-13)18(24)21-14(10-23)8-12-4-2-1-3-5-12/h1-7,9,11,14,23H,8,10H2,(H2,19,20)(H,21,24)/t14-/m1/s1.